The first-order chi connectivity index (χ1) is 10.3. The van der Waals surface area contributed by atoms with E-state index >= 15 is 0 Å². The van der Waals surface area contributed by atoms with Crippen LogP contribution in [0.2, 0.25) is 0 Å². The summed E-state index contributed by atoms with van der Waals surface area (Å²) in [6.07, 6.45) is 4.13. The lowest BCUT2D eigenvalue weighted by Gasteiger charge is -2.05. The van der Waals surface area contributed by atoms with E-state index in [0.29, 0.717) is 16.6 Å². The van der Waals surface area contributed by atoms with E-state index in [1.807, 2.05) is 29.6 Å². The minimum absolute atomic E-state index is 0.156. The summed E-state index contributed by atoms with van der Waals surface area (Å²) in [6, 6.07) is 9.44. The molecule has 21 heavy (non-hydrogen) atoms. The zero-order chi connectivity index (χ0) is 14.2. The van der Waals surface area contributed by atoms with Gasteiger partial charge in [-0.25, -0.2) is 4.98 Å². The second-order valence-corrected chi connectivity index (χ2v) is 6.04. The molecule has 1 aliphatic carbocycles. The molecule has 0 spiro atoms. The summed E-state index contributed by atoms with van der Waals surface area (Å²) in [4.78, 5) is 21.2. The van der Waals surface area contributed by atoms with E-state index in [1.54, 1.807) is 12.3 Å². The number of nitrogens with one attached hydrogen (secondary N) is 1. The molecule has 1 saturated carbocycles. The molecule has 0 aliphatic heterocycles. The molecule has 104 valence electrons. The molecule has 2 aromatic heterocycles. The normalized spacial score (nSPS) is 14.3. The number of anilines is 1. The largest absolute Gasteiger partial charge is 0.298 e. The maximum absolute atomic E-state index is 12.4. The average molecular weight is 295 g/mol. The number of pyridine rings is 1. The fourth-order valence-electron chi connectivity index (χ4n) is 2.36. The number of hydrogen-bond acceptors (Lipinski definition) is 4. The molecule has 4 nitrogen and oxygen atoms in total. The molecule has 1 N–H and O–H groups in total. The van der Waals surface area contributed by atoms with Gasteiger partial charge in [0.1, 0.15) is 0 Å². The van der Waals surface area contributed by atoms with Crippen molar-refractivity contribution in [1.82, 2.24) is 9.97 Å². The van der Waals surface area contributed by atoms with Crippen LogP contribution in [0.25, 0.3) is 10.9 Å². The smallest absolute Gasteiger partial charge is 0.259 e. The monoisotopic (exact) mass is 295 g/mol. The van der Waals surface area contributed by atoms with E-state index in [2.05, 4.69) is 15.3 Å². The van der Waals surface area contributed by atoms with Gasteiger partial charge >= 0.3 is 0 Å². The first-order valence-corrected chi connectivity index (χ1v) is 7.80. The lowest BCUT2D eigenvalue weighted by Crippen LogP contribution is -2.12. The van der Waals surface area contributed by atoms with Crippen molar-refractivity contribution in [3.63, 3.8) is 0 Å². The maximum atomic E-state index is 12.4. The first kappa shape index (κ1) is 12.5. The topological polar surface area (TPSA) is 54.9 Å². The molecule has 5 heteroatoms. The molecule has 0 atom stereocenters. The van der Waals surface area contributed by atoms with Gasteiger partial charge in [0.15, 0.2) is 5.13 Å². The van der Waals surface area contributed by atoms with Crippen molar-refractivity contribution < 1.29 is 4.79 Å². The van der Waals surface area contributed by atoms with Crippen LogP contribution < -0.4 is 5.32 Å². The summed E-state index contributed by atoms with van der Waals surface area (Å²) < 4.78 is 0. The predicted molar refractivity (Wildman–Crippen MR) is 83.8 cm³/mol. The molecular weight excluding hydrogens is 282 g/mol. The number of hydrogen-bond donors (Lipinski definition) is 1. The summed E-state index contributed by atoms with van der Waals surface area (Å²) in [5.41, 5.74) is 2.40. The Bertz CT molecular complexity index is 818. The highest BCUT2D eigenvalue weighted by atomic mass is 32.1. The number of para-hydroxylation sites is 1. The van der Waals surface area contributed by atoms with Crippen LogP contribution in [0.15, 0.2) is 41.9 Å². The third-order valence-electron chi connectivity index (χ3n) is 3.62. The Kier molecular flexibility index (Phi) is 2.93. The lowest BCUT2D eigenvalue weighted by atomic mass is 10.1. The zero-order valence-corrected chi connectivity index (χ0v) is 12.1. The van der Waals surface area contributed by atoms with Crippen LogP contribution in [0.4, 0.5) is 5.13 Å². The van der Waals surface area contributed by atoms with Gasteiger partial charge in [-0.15, -0.1) is 11.3 Å². The summed E-state index contributed by atoms with van der Waals surface area (Å²) in [7, 11) is 0. The summed E-state index contributed by atoms with van der Waals surface area (Å²) >= 11 is 1.48. The third kappa shape index (κ3) is 2.40. The van der Waals surface area contributed by atoms with Crippen LogP contribution in [0.1, 0.15) is 34.8 Å². The van der Waals surface area contributed by atoms with Crippen molar-refractivity contribution in [2.75, 3.05) is 5.32 Å². The van der Waals surface area contributed by atoms with E-state index in [1.165, 1.54) is 24.2 Å². The van der Waals surface area contributed by atoms with Crippen LogP contribution in [0.5, 0.6) is 0 Å². The number of carbonyl (C=O) groups is 1. The highest BCUT2D eigenvalue weighted by Crippen LogP contribution is 2.40. The van der Waals surface area contributed by atoms with Crippen molar-refractivity contribution in [3.8, 4) is 0 Å². The number of thiazole rings is 1. The second-order valence-electron chi connectivity index (χ2n) is 5.19. The Morgan fingerprint density at radius 1 is 1.24 bits per heavy atom. The van der Waals surface area contributed by atoms with Crippen molar-refractivity contribution in [1.29, 1.82) is 0 Å². The first-order valence-electron chi connectivity index (χ1n) is 6.92. The number of carbonyl (C=O) groups excluding carboxylic acids is 1. The van der Waals surface area contributed by atoms with E-state index in [0.717, 1.165) is 16.6 Å². The third-order valence-corrected chi connectivity index (χ3v) is 4.39. The van der Waals surface area contributed by atoms with Gasteiger partial charge in [0.05, 0.1) is 16.8 Å². The molecule has 1 fully saturated rings. The molecule has 3 aromatic rings. The number of rotatable bonds is 3. The molecule has 0 bridgehead atoms. The molecule has 1 aromatic carbocycles. The summed E-state index contributed by atoms with van der Waals surface area (Å²) in [5.74, 6) is 0.446. The van der Waals surface area contributed by atoms with Gasteiger partial charge in [-0.1, -0.05) is 18.2 Å². The SMILES string of the molecule is O=C(Nc1nc(C2CC2)cs1)c1cccc2cccnc12. The van der Waals surface area contributed by atoms with Crippen LogP contribution in [-0.4, -0.2) is 15.9 Å². The van der Waals surface area contributed by atoms with Gasteiger partial charge in [-0.05, 0) is 25.0 Å². The van der Waals surface area contributed by atoms with Gasteiger partial charge < -0.3 is 0 Å². The molecule has 0 saturated heterocycles. The van der Waals surface area contributed by atoms with Crippen LogP contribution in [0.3, 0.4) is 0 Å². The highest BCUT2D eigenvalue weighted by Gasteiger charge is 2.26. The minimum atomic E-state index is -0.156. The Morgan fingerprint density at radius 3 is 2.95 bits per heavy atom. The summed E-state index contributed by atoms with van der Waals surface area (Å²) in [5, 5.41) is 6.54. The highest BCUT2D eigenvalue weighted by molar-refractivity contribution is 7.14. The second kappa shape index (κ2) is 4.93. The van der Waals surface area contributed by atoms with Crippen molar-refractivity contribution in [3.05, 3.63) is 53.2 Å². The minimum Gasteiger partial charge on any atom is -0.298 e. The molecule has 4 rings (SSSR count). The van der Waals surface area contributed by atoms with E-state index in [-0.39, 0.29) is 5.91 Å². The fraction of sp³-hybridized carbons (Fsp3) is 0.188. The Balaban J connectivity index is 1.63. The maximum Gasteiger partial charge on any atom is 0.259 e. The van der Waals surface area contributed by atoms with Crippen molar-refractivity contribution >= 4 is 33.3 Å². The van der Waals surface area contributed by atoms with Crippen molar-refractivity contribution in [2.45, 2.75) is 18.8 Å². The lowest BCUT2D eigenvalue weighted by molar-refractivity contribution is 0.102. The van der Waals surface area contributed by atoms with Gasteiger partial charge in [-0.3, -0.25) is 15.1 Å². The molecule has 0 radical (unpaired) electrons. The van der Waals surface area contributed by atoms with E-state index < -0.39 is 0 Å². The molecule has 2 heterocycles. The predicted octanol–water partition coefficient (Wildman–Crippen LogP) is 3.82. The van der Waals surface area contributed by atoms with E-state index in [4.69, 9.17) is 0 Å². The number of fused-ring (bicyclic) bond motifs is 1. The number of benzene rings is 1. The number of nitrogens with zero attached hydrogens (tertiary/aromatic N) is 2. The van der Waals surface area contributed by atoms with Crippen molar-refractivity contribution in [2.24, 2.45) is 0 Å². The summed E-state index contributed by atoms with van der Waals surface area (Å²) in [6.45, 7) is 0. The molecule has 0 unspecified atom stereocenters. The molecule has 1 amide bonds. The molecular formula is C16H13N3OS. The zero-order valence-electron chi connectivity index (χ0n) is 11.2. The van der Waals surface area contributed by atoms with Gasteiger partial charge in [-0.2, -0.15) is 0 Å². The number of aromatic nitrogens is 2. The molecule has 1 aliphatic rings. The van der Waals surface area contributed by atoms with Gasteiger partial charge in [0.25, 0.3) is 5.91 Å². The van der Waals surface area contributed by atoms with Crippen LogP contribution in [0, 0.1) is 0 Å². The Hall–Kier alpha value is -2.27. The quantitative estimate of drug-likeness (QED) is 0.799. The van der Waals surface area contributed by atoms with E-state index in [9.17, 15) is 4.79 Å². The Morgan fingerprint density at radius 2 is 2.10 bits per heavy atom. The van der Waals surface area contributed by atoms with Gasteiger partial charge in [0, 0.05) is 22.9 Å². The standard InChI is InChI=1S/C16H13N3OS/c20-15(19-16-18-13(9-21-16)10-6-7-10)12-5-1-3-11-4-2-8-17-14(11)12/h1-5,8-10H,6-7H2,(H,18,19,20). The van der Waals surface area contributed by atoms with Gasteiger partial charge in [0.2, 0.25) is 0 Å². The number of amides is 1. The van der Waals surface area contributed by atoms with Crippen LogP contribution in [-0.2, 0) is 0 Å². The average Bonchev–Trinajstić information content (AvgIpc) is 3.27. The Labute approximate surface area is 125 Å². The van der Waals surface area contributed by atoms with Crippen LogP contribution >= 0.6 is 11.3 Å². The fourth-order valence-corrected chi connectivity index (χ4v) is 3.15.